The SMILES string of the molecule is CCn1c(Cc2ccccc2)nnc1SCC(=O)Nc1ccccc1Cl. The van der Waals surface area contributed by atoms with Gasteiger partial charge in [-0.05, 0) is 24.6 Å². The molecule has 26 heavy (non-hydrogen) atoms. The monoisotopic (exact) mass is 386 g/mol. The summed E-state index contributed by atoms with van der Waals surface area (Å²) in [6.07, 6.45) is 0.716. The van der Waals surface area contributed by atoms with Crippen molar-refractivity contribution in [3.63, 3.8) is 0 Å². The van der Waals surface area contributed by atoms with Crippen LogP contribution in [0.5, 0.6) is 0 Å². The van der Waals surface area contributed by atoms with Gasteiger partial charge in [0, 0.05) is 13.0 Å². The molecule has 0 spiro atoms. The van der Waals surface area contributed by atoms with Crippen LogP contribution in [0.15, 0.2) is 59.8 Å². The second-order valence-electron chi connectivity index (χ2n) is 5.62. The molecule has 0 bridgehead atoms. The number of thioether (sulfide) groups is 1. The molecular formula is C19H19ClN4OS. The highest BCUT2D eigenvalue weighted by molar-refractivity contribution is 7.99. The normalized spacial score (nSPS) is 10.7. The summed E-state index contributed by atoms with van der Waals surface area (Å²) in [6.45, 7) is 2.80. The number of hydrogen-bond acceptors (Lipinski definition) is 4. The summed E-state index contributed by atoms with van der Waals surface area (Å²) in [7, 11) is 0. The summed E-state index contributed by atoms with van der Waals surface area (Å²) in [6, 6.07) is 17.3. The van der Waals surface area contributed by atoms with Crippen molar-refractivity contribution in [1.29, 1.82) is 0 Å². The Hall–Kier alpha value is -2.31. The van der Waals surface area contributed by atoms with E-state index in [9.17, 15) is 4.79 Å². The summed E-state index contributed by atoms with van der Waals surface area (Å²) in [5.74, 6) is 1.01. The van der Waals surface area contributed by atoms with E-state index in [0.29, 0.717) is 17.1 Å². The van der Waals surface area contributed by atoms with Crippen LogP contribution in [0.1, 0.15) is 18.3 Å². The zero-order chi connectivity index (χ0) is 18.4. The van der Waals surface area contributed by atoms with Gasteiger partial charge in [-0.3, -0.25) is 4.79 Å². The van der Waals surface area contributed by atoms with E-state index < -0.39 is 0 Å². The number of aromatic nitrogens is 3. The fourth-order valence-corrected chi connectivity index (χ4v) is 3.54. The van der Waals surface area contributed by atoms with Crippen LogP contribution in [0.4, 0.5) is 5.69 Å². The first-order valence-corrected chi connectivity index (χ1v) is 9.67. The lowest BCUT2D eigenvalue weighted by atomic mass is 10.1. The highest BCUT2D eigenvalue weighted by atomic mass is 35.5. The van der Waals surface area contributed by atoms with Gasteiger partial charge in [0.15, 0.2) is 5.16 Å². The highest BCUT2D eigenvalue weighted by Crippen LogP contribution is 2.22. The van der Waals surface area contributed by atoms with Crippen LogP contribution in [-0.2, 0) is 17.8 Å². The Morgan fingerprint density at radius 1 is 1.12 bits per heavy atom. The van der Waals surface area contributed by atoms with E-state index in [1.54, 1.807) is 12.1 Å². The van der Waals surface area contributed by atoms with Gasteiger partial charge in [-0.25, -0.2) is 0 Å². The molecule has 0 aliphatic heterocycles. The van der Waals surface area contributed by atoms with Crippen molar-refractivity contribution in [2.24, 2.45) is 0 Å². The Kier molecular flexibility index (Phi) is 6.30. The van der Waals surface area contributed by atoms with E-state index in [1.807, 2.05) is 41.8 Å². The quantitative estimate of drug-likeness (QED) is 0.616. The lowest BCUT2D eigenvalue weighted by molar-refractivity contribution is -0.113. The minimum Gasteiger partial charge on any atom is -0.324 e. The van der Waals surface area contributed by atoms with E-state index >= 15 is 0 Å². The van der Waals surface area contributed by atoms with Gasteiger partial charge in [0.2, 0.25) is 5.91 Å². The van der Waals surface area contributed by atoms with Gasteiger partial charge in [0.25, 0.3) is 0 Å². The Morgan fingerprint density at radius 2 is 1.85 bits per heavy atom. The van der Waals surface area contributed by atoms with Crippen LogP contribution in [0, 0.1) is 0 Å². The number of para-hydroxylation sites is 1. The van der Waals surface area contributed by atoms with Crippen molar-refractivity contribution < 1.29 is 4.79 Å². The molecule has 0 radical (unpaired) electrons. The first kappa shape index (κ1) is 18.5. The number of nitrogens with one attached hydrogen (secondary N) is 1. The molecule has 0 fully saturated rings. The molecule has 0 saturated heterocycles. The first-order valence-electron chi connectivity index (χ1n) is 8.30. The predicted octanol–water partition coefficient (Wildman–Crippen LogP) is 4.27. The average molecular weight is 387 g/mol. The number of amides is 1. The van der Waals surface area contributed by atoms with Crippen molar-refractivity contribution in [3.05, 3.63) is 71.0 Å². The van der Waals surface area contributed by atoms with Crippen LogP contribution < -0.4 is 5.32 Å². The number of anilines is 1. The molecule has 1 heterocycles. The highest BCUT2D eigenvalue weighted by Gasteiger charge is 2.14. The molecule has 7 heteroatoms. The van der Waals surface area contributed by atoms with Gasteiger partial charge in [-0.15, -0.1) is 10.2 Å². The number of benzene rings is 2. The number of nitrogens with zero attached hydrogens (tertiary/aromatic N) is 3. The number of carbonyl (C=O) groups excluding carboxylic acids is 1. The van der Waals surface area contributed by atoms with Crippen molar-refractivity contribution in [1.82, 2.24) is 14.8 Å². The standard InChI is InChI=1S/C19H19ClN4OS/c1-2-24-17(12-14-8-4-3-5-9-14)22-23-19(24)26-13-18(25)21-16-11-7-6-10-15(16)20/h3-11H,2,12-13H2,1H3,(H,21,25). The zero-order valence-corrected chi connectivity index (χ0v) is 15.9. The molecule has 1 amide bonds. The topological polar surface area (TPSA) is 59.8 Å². The van der Waals surface area contributed by atoms with E-state index in [1.165, 1.54) is 17.3 Å². The molecule has 1 aromatic heterocycles. The van der Waals surface area contributed by atoms with Gasteiger partial charge >= 0.3 is 0 Å². The maximum absolute atomic E-state index is 12.2. The molecule has 0 aliphatic rings. The largest absolute Gasteiger partial charge is 0.324 e. The minimum absolute atomic E-state index is 0.127. The molecule has 3 aromatic rings. The fraction of sp³-hybridized carbons (Fsp3) is 0.211. The van der Waals surface area contributed by atoms with E-state index in [-0.39, 0.29) is 11.7 Å². The maximum Gasteiger partial charge on any atom is 0.234 e. The molecule has 0 atom stereocenters. The third-order valence-electron chi connectivity index (χ3n) is 3.80. The Labute approximate surface area is 161 Å². The van der Waals surface area contributed by atoms with E-state index in [4.69, 9.17) is 11.6 Å². The van der Waals surface area contributed by atoms with Crippen molar-refractivity contribution in [2.45, 2.75) is 25.0 Å². The molecule has 0 saturated carbocycles. The van der Waals surface area contributed by atoms with E-state index in [0.717, 1.165) is 17.5 Å². The summed E-state index contributed by atoms with van der Waals surface area (Å²) in [4.78, 5) is 12.2. The van der Waals surface area contributed by atoms with Crippen molar-refractivity contribution in [2.75, 3.05) is 11.1 Å². The van der Waals surface area contributed by atoms with Crippen LogP contribution in [0.2, 0.25) is 5.02 Å². The fourth-order valence-electron chi connectivity index (χ4n) is 2.53. The molecule has 3 rings (SSSR count). The first-order chi connectivity index (χ1) is 12.7. The van der Waals surface area contributed by atoms with E-state index in [2.05, 4.69) is 27.6 Å². The predicted molar refractivity (Wildman–Crippen MR) is 106 cm³/mol. The Morgan fingerprint density at radius 3 is 2.58 bits per heavy atom. The Balaban J connectivity index is 1.63. The van der Waals surface area contributed by atoms with Gasteiger partial charge in [0.05, 0.1) is 16.5 Å². The van der Waals surface area contributed by atoms with Gasteiger partial charge < -0.3 is 9.88 Å². The average Bonchev–Trinajstić information content (AvgIpc) is 3.04. The smallest absolute Gasteiger partial charge is 0.234 e. The Bertz CT molecular complexity index is 882. The van der Waals surface area contributed by atoms with Gasteiger partial charge in [-0.1, -0.05) is 65.8 Å². The van der Waals surface area contributed by atoms with Crippen LogP contribution in [-0.4, -0.2) is 26.4 Å². The summed E-state index contributed by atoms with van der Waals surface area (Å²) >= 11 is 7.44. The lowest BCUT2D eigenvalue weighted by Gasteiger charge is -2.08. The third-order valence-corrected chi connectivity index (χ3v) is 5.09. The molecule has 2 aromatic carbocycles. The number of hydrogen-bond donors (Lipinski definition) is 1. The van der Waals surface area contributed by atoms with Gasteiger partial charge in [0.1, 0.15) is 5.82 Å². The number of carbonyl (C=O) groups is 1. The van der Waals surface area contributed by atoms with Crippen LogP contribution >= 0.6 is 23.4 Å². The molecule has 0 aliphatic carbocycles. The molecule has 5 nitrogen and oxygen atoms in total. The third kappa shape index (κ3) is 4.65. The molecule has 134 valence electrons. The molecule has 0 unspecified atom stereocenters. The summed E-state index contributed by atoms with van der Waals surface area (Å²) in [5, 5.41) is 12.6. The maximum atomic E-state index is 12.2. The lowest BCUT2D eigenvalue weighted by Crippen LogP contribution is -2.15. The van der Waals surface area contributed by atoms with Gasteiger partial charge in [-0.2, -0.15) is 0 Å². The molecular weight excluding hydrogens is 368 g/mol. The minimum atomic E-state index is -0.127. The van der Waals surface area contributed by atoms with Crippen molar-refractivity contribution in [3.8, 4) is 0 Å². The number of halogens is 1. The van der Waals surface area contributed by atoms with Crippen LogP contribution in [0.25, 0.3) is 0 Å². The summed E-state index contributed by atoms with van der Waals surface area (Å²) < 4.78 is 2.04. The molecule has 1 N–H and O–H groups in total. The summed E-state index contributed by atoms with van der Waals surface area (Å²) in [5.41, 5.74) is 1.80. The number of rotatable bonds is 7. The van der Waals surface area contributed by atoms with Crippen molar-refractivity contribution >= 4 is 35.0 Å². The second-order valence-corrected chi connectivity index (χ2v) is 6.97. The second kappa shape index (κ2) is 8.87. The zero-order valence-electron chi connectivity index (χ0n) is 14.4. The van der Waals surface area contributed by atoms with Crippen LogP contribution in [0.3, 0.4) is 0 Å².